The van der Waals surface area contributed by atoms with Crippen LogP contribution in [0.3, 0.4) is 0 Å². The highest BCUT2D eigenvalue weighted by Gasteiger charge is 2.42. The van der Waals surface area contributed by atoms with Gasteiger partial charge in [0.25, 0.3) is 0 Å². The second-order valence-corrected chi connectivity index (χ2v) is 11.7. The van der Waals surface area contributed by atoms with Crippen molar-refractivity contribution in [1.29, 1.82) is 0 Å². The van der Waals surface area contributed by atoms with Gasteiger partial charge in [-0.15, -0.1) is 0 Å². The number of benzene rings is 1. The zero-order valence-electron chi connectivity index (χ0n) is 21.2. The lowest BCUT2D eigenvalue weighted by atomic mass is 9.95. The number of nitrogens with zero attached hydrogens (tertiary/aromatic N) is 4. The van der Waals surface area contributed by atoms with E-state index in [4.69, 9.17) is 11.6 Å². The van der Waals surface area contributed by atoms with E-state index in [9.17, 15) is 14.3 Å². The second-order valence-electron chi connectivity index (χ2n) is 11.3. The van der Waals surface area contributed by atoms with Gasteiger partial charge in [0.05, 0.1) is 22.7 Å². The third-order valence-electron chi connectivity index (χ3n) is 8.63. The van der Waals surface area contributed by atoms with Crippen LogP contribution in [0.15, 0.2) is 24.5 Å². The highest BCUT2D eigenvalue weighted by Crippen LogP contribution is 2.45. The molecule has 0 radical (unpaired) electrons. The van der Waals surface area contributed by atoms with Gasteiger partial charge in [0, 0.05) is 44.3 Å². The number of hydrogen-bond donors (Lipinski definition) is 2. The van der Waals surface area contributed by atoms with Crippen molar-refractivity contribution < 1.29 is 14.3 Å². The summed E-state index contributed by atoms with van der Waals surface area (Å²) in [5, 5.41) is 14.1. The fraction of sp³-hybridized carbons (Fsp3) is 0.607. The number of anilines is 1. The van der Waals surface area contributed by atoms with Gasteiger partial charge in [-0.25, -0.2) is 14.4 Å². The molecule has 1 saturated heterocycles. The van der Waals surface area contributed by atoms with Crippen molar-refractivity contribution >= 4 is 23.3 Å². The average molecular weight is 528 g/mol. The molecule has 1 unspecified atom stereocenters. The molecule has 1 aromatic carbocycles. The van der Waals surface area contributed by atoms with Crippen LogP contribution >= 0.6 is 11.6 Å². The Morgan fingerprint density at radius 1 is 1.16 bits per heavy atom. The molecule has 2 N–H and O–H groups in total. The van der Waals surface area contributed by atoms with E-state index >= 15 is 0 Å². The lowest BCUT2D eigenvalue weighted by molar-refractivity contribution is -0.133. The van der Waals surface area contributed by atoms with E-state index in [0.29, 0.717) is 62.6 Å². The van der Waals surface area contributed by atoms with Crippen molar-refractivity contribution in [2.45, 2.75) is 63.0 Å². The lowest BCUT2D eigenvalue weighted by Crippen LogP contribution is -2.52. The largest absolute Gasteiger partial charge is 0.387 e. The zero-order valence-corrected chi connectivity index (χ0v) is 22.0. The molecule has 2 heterocycles. The number of hydrogen-bond acceptors (Lipinski definition) is 6. The fourth-order valence-electron chi connectivity index (χ4n) is 6.27. The molecule has 0 bridgehead atoms. The maximum atomic E-state index is 14.4. The molecule has 1 aromatic heterocycles. The summed E-state index contributed by atoms with van der Waals surface area (Å²) >= 11 is 5.96. The van der Waals surface area contributed by atoms with Crippen molar-refractivity contribution in [2.75, 3.05) is 37.6 Å². The van der Waals surface area contributed by atoms with Gasteiger partial charge in [0.2, 0.25) is 5.91 Å². The van der Waals surface area contributed by atoms with Crippen LogP contribution in [0.1, 0.15) is 73.8 Å². The van der Waals surface area contributed by atoms with E-state index in [2.05, 4.69) is 27.1 Å². The predicted octanol–water partition coefficient (Wildman–Crippen LogP) is 4.02. The third-order valence-corrected chi connectivity index (χ3v) is 8.94. The number of aliphatic hydroxyl groups is 1. The molecule has 198 valence electrons. The standard InChI is InChI=1S/C28H35ClFN5O2/c1-16-12-23(36)26-24(16)27(33-15-32-26)34-8-10-35(11-9-34)28(37)20(19-6-7-21(29)22(30)13-19)14-31-25(17-2-3-17)18-4-5-18/h6-7,13,15-18,20,23,25,31,36H,2-5,8-12,14H2,1H3/t16-,20?,23+/m1/s1. The van der Waals surface area contributed by atoms with Gasteiger partial charge in [-0.1, -0.05) is 24.6 Å². The highest BCUT2D eigenvalue weighted by molar-refractivity contribution is 6.30. The minimum absolute atomic E-state index is 0.0240. The first-order chi connectivity index (χ1) is 17.9. The monoisotopic (exact) mass is 527 g/mol. The number of fused-ring (bicyclic) bond motifs is 1. The average Bonchev–Trinajstić information content (AvgIpc) is 3.83. The van der Waals surface area contributed by atoms with Crippen molar-refractivity contribution in [3.63, 3.8) is 0 Å². The van der Waals surface area contributed by atoms with E-state index in [0.717, 1.165) is 17.1 Å². The van der Waals surface area contributed by atoms with E-state index in [1.54, 1.807) is 12.1 Å². The number of piperazine rings is 1. The minimum atomic E-state index is -0.544. The van der Waals surface area contributed by atoms with E-state index in [-0.39, 0.29) is 16.8 Å². The number of aliphatic hydroxyl groups excluding tert-OH is 1. The fourth-order valence-corrected chi connectivity index (χ4v) is 6.39. The van der Waals surface area contributed by atoms with E-state index < -0.39 is 17.8 Å². The molecule has 3 atom stereocenters. The van der Waals surface area contributed by atoms with Gasteiger partial charge in [0.15, 0.2) is 0 Å². The van der Waals surface area contributed by atoms with Crippen LogP contribution < -0.4 is 10.2 Å². The molecule has 3 fully saturated rings. The SMILES string of the molecule is C[C@@H]1C[C@H](O)c2ncnc(N3CCN(C(=O)C(CNC(C4CC4)C4CC4)c4ccc(Cl)c(F)c4)CC3)c21. The molecular weight excluding hydrogens is 493 g/mol. The Kier molecular flexibility index (Phi) is 6.84. The topological polar surface area (TPSA) is 81.6 Å². The van der Waals surface area contributed by atoms with Crippen LogP contribution in [-0.4, -0.2) is 64.6 Å². The summed E-state index contributed by atoms with van der Waals surface area (Å²) in [6, 6.07) is 5.21. The smallest absolute Gasteiger partial charge is 0.231 e. The molecular formula is C28H35ClFN5O2. The number of aromatic nitrogens is 2. The van der Waals surface area contributed by atoms with Crippen LogP contribution in [0.2, 0.25) is 5.02 Å². The third kappa shape index (κ3) is 5.08. The highest BCUT2D eigenvalue weighted by atomic mass is 35.5. The molecule has 9 heteroatoms. The Morgan fingerprint density at radius 2 is 1.86 bits per heavy atom. The number of amides is 1. The van der Waals surface area contributed by atoms with Gasteiger partial charge in [0.1, 0.15) is 18.0 Å². The summed E-state index contributed by atoms with van der Waals surface area (Å²) in [4.78, 5) is 26.8. The second kappa shape index (κ2) is 10.1. The summed E-state index contributed by atoms with van der Waals surface area (Å²) in [6.07, 6.45) is 6.67. The van der Waals surface area contributed by atoms with Gasteiger partial charge >= 0.3 is 0 Å². The molecule has 6 rings (SSSR count). The number of nitrogens with one attached hydrogen (secondary N) is 1. The lowest BCUT2D eigenvalue weighted by Gasteiger charge is -2.38. The Bertz CT molecular complexity index is 1150. The summed E-state index contributed by atoms with van der Waals surface area (Å²) in [6.45, 7) is 5.04. The summed E-state index contributed by atoms with van der Waals surface area (Å²) in [5.74, 6) is 1.57. The van der Waals surface area contributed by atoms with Gasteiger partial charge < -0.3 is 20.2 Å². The Hall–Kier alpha value is -2.29. The zero-order chi connectivity index (χ0) is 25.7. The van der Waals surface area contributed by atoms with Gasteiger partial charge in [-0.3, -0.25) is 4.79 Å². The molecule has 37 heavy (non-hydrogen) atoms. The quantitative estimate of drug-likeness (QED) is 0.539. The predicted molar refractivity (Wildman–Crippen MR) is 140 cm³/mol. The van der Waals surface area contributed by atoms with E-state index in [1.807, 2.05) is 4.90 Å². The maximum Gasteiger partial charge on any atom is 0.231 e. The van der Waals surface area contributed by atoms with Crippen LogP contribution in [0.5, 0.6) is 0 Å². The van der Waals surface area contributed by atoms with Gasteiger partial charge in [-0.2, -0.15) is 0 Å². The summed E-state index contributed by atoms with van der Waals surface area (Å²) in [5.41, 5.74) is 2.43. The Balaban J connectivity index is 1.17. The van der Waals surface area contributed by atoms with E-state index in [1.165, 1.54) is 38.1 Å². The van der Waals surface area contributed by atoms with Crippen molar-refractivity contribution in [2.24, 2.45) is 11.8 Å². The first-order valence-electron chi connectivity index (χ1n) is 13.7. The van der Waals surface area contributed by atoms with Crippen molar-refractivity contribution in [1.82, 2.24) is 20.2 Å². The van der Waals surface area contributed by atoms with Crippen LogP contribution in [-0.2, 0) is 4.79 Å². The number of rotatable bonds is 8. The molecule has 1 amide bonds. The number of halogens is 2. The van der Waals surface area contributed by atoms with Gasteiger partial charge in [-0.05, 0) is 67.6 Å². The molecule has 2 aromatic rings. The molecule has 3 aliphatic carbocycles. The Labute approximate surface area is 222 Å². The van der Waals surface area contributed by atoms with Crippen molar-refractivity contribution in [3.05, 3.63) is 52.2 Å². The maximum absolute atomic E-state index is 14.4. The molecule has 1 aliphatic heterocycles. The first kappa shape index (κ1) is 25.0. The number of carbonyl (C=O) groups excluding carboxylic acids is 1. The van der Waals surface area contributed by atoms with Crippen LogP contribution in [0.4, 0.5) is 10.2 Å². The molecule has 2 saturated carbocycles. The Morgan fingerprint density at radius 3 is 2.51 bits per heavy atom. The van der Waals surface area contributed by atoms with Crippen LogP contribution in [0.25, 0.3) is 0 Å². The normalized spacial score (nSPS) is 24.5. The van der Waals surface area contributed by atoms with Crippen molar-refractivity contribution in [3.8, 4) is 0 Å². The first-order valence-corrected chi connectivity index (χ1v) is 14.0. The molecule has 4 aliphatic rings. The summed E-state index contributed by atoms with van der Waals surface area (Å²) < 4.78 is 14.4. The molecule has 7 nitrogen and oxygen atoms in total. The summed E-state index contributed by atoms with van der Waals surface area (Å²) in [7, 11) is 0. The minimum Gasteiger partial charge on any atom is -0.387 e. The number of carbonyl (C=O) groups is 1. The molecule has 0 spiro atoms. The van der Waals surface area contributed by atoms with Crippen LogP contribution in [0, 0.1) is 17.7 Å².